The van der Waals surface area contributed by atoms with Gasteiger partial charge in [-0.2, -0.15) is 11.8 Å². The Bertz CT molecular complexity index is 642. The Kier molecular flexibility index (Phi) is 3.16. The van der Waals surface area contributed by atoms with E-state index in [1.807, 2.05) is 0 Å². The van der Waals surface area contributed by atoms with E-state index in [2.05, 4.69) is 72.4 Å². The lowest BCUT2D eigenvalue weighted by molar-refractivity contribution is 0.790. The van der Waals surface area contributed by atoms with Crippen LogP contribution in [0.2, 0.25) is 0 Å². The first-order valence-electron chi connectivity index (χ1n) is 7.41. The van der Waals surface area contributed by atoms with Crippen molar-refractivity contribution in [3.05, 3.63) is 66.2 Å². The Hall–Kier alpha value is -1.47. The zero-order valence-corrected chi connectivity index (χ0v) is 12.3. The molecule has 1 saturated heterocycles. The van der Waals surface area contributed by atoms with E-state index in [4.69, 9.17) is 0 Å². The molecule has 2 aliphatic heterocycles. The largest absolute Gasteiger partial charge is 0.151 e. The summed E-state index contributed by atoms with van der Waals surface area (Å²) in [7, 11) is 0. The Morgan fingerprint density at radius 2 is 1.55 bits per heavy atom. The molecule has 2 unspecified atom stereocenters. The molecule has 2 heterocycles. The molecule has 100 valence electrons. The molecule has 0 N–H and O–H groups in total. The van der Waals surface area contributed by atoms with Gasteiger partial charge < -0.3 is 0 Å². The van der Waals surface area contributed by atoms with Gasteiger partial charge in [0.25, 0.3) is 0 Å². The van der Waals surface area contributed by atoms with Crippen LogP contribution in [0.15, 0.2) is 60.7 Å². The normalized spacial score (nSPS) is 24.5. The van der Waals surface area contributed by atoms with Gasteiger partial charge in [0.2, 0.25) is 0 Å². The number of hydrogen-bond donors (Lipinski definition) is 0. The molecule has 0 aliphatic carbocycles. The smallest absolute Gasteiger partial charge is 0.0236 e. The number of rotatable bonds is 2. The van der Waals surface area contributed by atoms with Crippen LogP contribution in [-0.4, -0.2) is 10.5 Å². The predicted octanol–water partition coefficient (Wildman–Crippen LogP) is 5.40. The van der Waals surface area contributed by atoms with Gasteiger partial charge in [0.15, 0.2) is 0 Å². The molecule has 20 heavy (non-hydrogen) atoms. The van der Waals surface area contributed by atoms with Gasteiger partial charge >= 0.3 is 0 Å². The van der Waals surface area contributed by atoms with Crippen molar-refractivity contribution in [3.8, 4) is 11.1 Å². The fourth-order valence-corrected chi connectivity index (χ4v) is 4.93. The van der Waals surface area contributed by atoms with Crippen molar-refractivity contribution >= 4 is 17.3 Å². The fraction of sp³-hybridized carbons (Fsp3) is 0.263. The first kappa shape index (κ1) is 12.3. The van der Waals surface area contributed by atoms with Crippen molar-refractivity contribution in [1.29, 1.82) is 0 Å². The Balaban J connectivity index is 1.80. The standard InChI is InChI=1S/C19H18S/c1-2-6-14(7-3-1)18-8-4-5-9-19(18)15-12-16-10-11-17(13-15)20-16/h1-9,12,16-17H,10-11,13H2. The molecule has 0 amide bonds. The first-order chi connectivity index (χ1) is 9.90. The maximum atomic E-state index is 2.52. The van der Waals surface area contributed by atoms with Gasteiger partial charge in [0.1, 0.15) is 0 Å². The minimum Gasteiger partial charge on any atom is -0.151 e. The maximum absolute atomic E-state index is 2.52. The molecular formula is C19H18S. The topological polar surface area (TPSA) is 0 Å². The molecule has 0 aromatic heterocycles. The predicted molar refractivity (Wildman–Crippen MR) is 88.9 cm³/mol. The van der Waals surface area contributed by atoms with Gasteiger partial charge in [0, 0.05) is 10.5 Å². The van der Waals surface area contributed by atoms with Crippen LogP contribution in [-0.2, 0) is 0 Å². The van der Waals surface area contributed by atoms with Crippen molar-refractivity contribution in [2.75, 3.05) is 0 Å². The van der Waals surface area contributed by atoms with E-state index in [1.165, 1.54) is 36.0 Å². The minimum atomic E-state index is 0.757. The summed E-state index contributed by atoms with van der Waals surface area (Å²) in [5.74, 6) is 0. The second kappa shape index (κ2) is 5.14. The summed E-state index contributed by atoms with van der Waals surface area (Å²) in [6, 6.07) is 19.6. The summed E-state index contributed by atoms with van der Waals surface area (Å²) >= 11 is 2.18. The molecule has 4 rings (SSSR count). The molecule has 2 aromatic carbocycles. The minimum absolute atomic E-state index is 0.757. The third-order valence-electron chi connectivity index (χ3n) is 4.33. The zero-order valence-electron chi connectivity index (χ0n) is 11.5. The van der Waals surface area contributed by atoms with Crippen molar-refractivity contribution in [1.82, 2.24) is 0 Å². The molecule has 1 heteroatoms. The van der Waals surface area contributed by atoms with E-state index in [-0.39, 0.29) is 0 Å². The second-order valence-electron chi connectivity index (χ2n) is 5.68. The Morgan fingerprint density at radius 1 is 0.800 bits per heavy atom. The summed E-state index contributed by atoms with van der Waals surface area (Å²) in [6.07, 6.45) is 6.52. The highest BCUT2D eigenvalue weighted by Crippen LogP contribution is 2.46. The quantitative estimate of drug-likeness (QED) is 0.708. The molecule has 2 aliphatic rings. The van der Waals surface area contributed by atoms with E-state index in [9.17, 15) is 0 Å². The zero-order chi connectivity index (χ0) is 13.4. The molecule has 0 spiro atoms. The molecule has 2 atom stereocenters. The summed E-state index contributed by atoms with van der Waals surface area (Å²) in [5.41, 5.74) is 5.71. The van der Waals surface area contributed by atoms with Crippen LogP contribution in [0.5, 0.6) is 0 Å². The van der Waals surface area contributed by atoms with E-state index >= 15 is 0 Å². The van der Waals surface area contributed by atoms with Gasteiger partial charge in [-0.15, -0.1) is 0 Å². The SMILES string of the molecule is C1=C(c2ccccc2-c2ccccc2)CC2CCC1S2. The number of fused-ring (bicyclic) bond motifs is 2. The number of benzene rings is 2. The van der Waals surface area contributed by atoms with Gasteiger partial charge in [-0.1, -0.05) is 60.7 Å². The number of allylic oxidation sites excluding steroid dienone is 1. The van der Waals surface area contributed by atoms with Crippen LogP contribution in [0.1, 0.15) is 24.8 Å². The van der Waals surface area contributed by atoms with E-state index in [0.29, 0.717) is 0 Å². The molecule has 2 aromatic rings. The van der Waals surface area contributed by atoms with Crippen LogP contribution in [0, 0.1) is 0 Å². The second-order valence-corrected chi connectivity index (χ2v) is 7.23. The molecule has 0 radical (unpaired) electrons. The van der Waals surface area contributed by atoms with E-state index in [0.717, 1.165) is 10.5 Å². The fourth-order valence-electron chi connectivity index (χ4n) is 3.38. The summed E-state index contributed by atoms with van der Waals surface area (Å²) in [4.78, 5) is 0. The molecule has 1 fully saturated rings. The summed E-state index contributed by atoms with van der Waals surface area (Å²) < 4.78 is 0. The van der Waals surface area contributed by atoms with Gasteiger partial charge in [-0.25, -0.2) is 0 Å². The van der Waals surface area contributed by atoms with E-state index in [1.54, 1.807) is 5.57 Å². The molecule has 0 nitrogen and oxygen atoms in total. The lowest BCUT2D eigenvalue weighted by Crippen LogP contribution is -2.06. The monoisotopic (exact) mass is 278 g/mol. The highest BCUT2D eigenvalue weighted by atomic mass is 32.2. The first-order valence-corrected chi connectivity index (χ1v) is 8.35. The van der Waals surface area contributed by atoms with Crippen molar-refractivity contribution in [2.24, 2.45) is 0 Å². The van der Waals surface area contributed by atoms with Crippen LogP contribution in [0.25, 0.3) is 16.7 Å². The summed E-state index contributed by atoms with van der Waals surface area (Å²) in [5, 5.41) is 1.61. The lowest BCUT2D eigenvalue weighted by Gasteiger charge is -2.21. The average molecular weight is 278 g/mol. The van der Waals surface area contributed by atoms with Crippen LogP contribution < -0.4 is 0 Å². The highest BCUT2D eigenvalue weighted by molar-refractivity contribution is 8.01. The molecular weight excluding hydrogens is 260 g/mol. The van der Waals surface area contributed by atoms with Crippen LogP contribution in [0.3, 0.4) is 0 Å². The third-order valence-corrected chi connectivity index (χ3v) is 5.84. The van der Waals surface area contributed by atoms with Gasteiger partial charge in [0.05, 0.1) is 0 Å². The number of thioether (sulfide) groups is 1. The lowest BCUT2D eigenvalue weighted by atomic mass is 9.92. The van der Waals surface area contributed by atoms with Crippen molar-refractivity contribution in [2.45, 2.75) is 29.8 Å². The molecule has 0 saturated carbocycles. The molecule has 2 bridgehead atoms. The van der Waals surface area contributed by atoms with Gasteiger partial charge in [-0.05, 0) is 41.5 Å². The van der Waals surface area contributed by atoms with Crippen molar-refractivity contribution in [3.63, 3.8) is 0 Å². The average Bonchev–Trinajstić information content (AvgIpc) is 2.86. The third kappa shape index (κ3) is 2.20. The van der Waals surface area contributed by atoms with Gasteiger partial charge in [-0.3, -0.25) is 0 Å². The number of hydrogen-bond acceptors (Lipinski definition) is 1. The van der Waals surface area contributed by atoms with Crippen molar-refractivity contribution < 1.29 is 0 Å². The Labute approximate surface area is 124 Å². The Morgan fingerprint density at radius 3 is 2.35 bits per heavy atom. The van der Waals surface area contributed by atoms with Crippen LogP contribution in [0.4, 0.5) is 0 Å². The van der Waals surface area contributed by atoms with Crippen LogP contribution >= 0.6 is 11.8 Å². The summed E-state index contributed by atoms with van der Waals surface area (Å²) in [6.45, 7) is 0. The highest BCUT2D eigenvalue weighted by Gasteiger charge is 2.30. The maximum Gasteiger partial charge on any atom is 0.0236 e. The van der Waals surface area contributed by atoms with E-state index < -0.39 is 0 Å².